The fraction of sp³-hybridized carbons (Fsp3) is 0.600. The molecule has 0 unspecified atom stereocenters. The molecule has 0 aliphatic heterocycles. The highest BCUT2D eigenvalue weighted by Crippen LogP contribution is 2.27. The van der Waals surface area contributed by atoms with E-state index >= 15 is 0 Å². The predicted octanol–water partition coefficient (Wildman–Crippen LogP) is 3.98. The minimum atomic E-state index is -0.488. The van der Waals surface area contributed by atoms with Crippen molar-refractivity contribution in [3.05, 3.63) is 29.3 Å². The van der Waals surface area contributed by atoms with E-state index in [9.17, 15) is 8.78 Å². The van der Waals surface area contributed by atoms with Crippen molar-refractivity contribution in [3.8, 4) is 0 Å². The molecule has 1 N–H and O–H groups in total. The molecule has 0 fully saturated rings. The first-order valence-corrected chi connectivity index (χ1v) is 7.67. The summed E-state index contributed by atoms with van der Waals surface area (Å²) in [7, 11) is 1.61. The second-order valence-electron chi connectivity index (χ2n) is 5.69. The third-order valence-corrected chi connectivity index (χ3v) is 3.79. The maximum absolute atomic E-state index is 13.9. The maximum Gasteiger partial charge on any atom is 0.140 e. The van der Waals surface area contributed by atoms with Crippen LogP contribution in [-0.4, -0.2) is 25.0 Å². The van der Waals surface area contributed by atoms with Gasteiger partial charge in [0.2, 0.25) is 0 Å². The molecule has 20 heavy (non-hydrogen) atoms. The van der Waals surface area contributed by atoms with E-state index in [2.05, 4.69) is 5.32 Å². The Kier molecular flexibility index (Phi) is 6.92. The number of methoxy groups -OCH3 is 1. The summed E-state index contributed by atoms with van der Waals surface area (Å²) in [6.45, 7) is 7.09. The lowest BCUT2D eigenvalue weighted by molar-refractivity contribution is 0.200. The van der Waals surface area contributed by atoms with E-state index in [0.29, 0.717) is 24.5 Å². The third kappa shape index (κ3) is 6.20. The van der Waals surface area contributed by atoms with Crippen molar-refractivity contribution < 1.29 is 13.5 Å². The first-order chi connectivity index (χ1) is 9.33. The van der Waals surface area contributed by atoms with Gasteiger partial charge in [-0.05, 0) is 44.9 Å². The Hall–Kier alpha value is -0.650. The molecule has 1 aromatic carbocycles. The summed E-state index contributed by atoms with van der Waals surface area (Å²) in [6, 6.07) is 2.81. The maximum atomic E-state index is 13.9. The van der Waals surface area contributed by atoms with Crippen molar-refractivity contribution >= 4 is 11.8 Å². The Morgan fingerprint density at radius 2 is 1.80 bits per heavy atom. The molecule has 5 heteroatoms. The molecule has 0 bridgehead atoms. The minimum absolute atomic E-state index is 0.0828. The number of hydrogen-bond donors (Lipinski definition) is 1. The van der Waals surface area contributed by atoms with Gasteiger partial charge in [-0.3, -0.25) is 0 Å². The van der Waals surface area contributed by atoms with Crippen LogP contribution in [0.5, 0.6) is 0 Å². The number of ether oxygens (including phenoxy) is 1. The van der Waals surface area contributed by atoms with Gasteiger partial charge in [0.1, 0.15) is 11.6 Å². The SMILES string of the molecule is COCCCSc1c(F)cc(CNC(C)(C)C)cc1F. The minimum Gasteiger partial charge on any atom is -0.385 e. The van der Waals surface area contributed by atoms with Crippen LogP contribution in [0.15, 0.2) is 17.0 Å². The zero-order valence-electron chi connectivity index (χ0n) is 12.6. The molecule has 2 nitrogen and oxygen atoms in total. The summed E-state index contributed by atoms with van der Waals surface area (Å²) in [5.74, 6) is -0.336. The van der Waals surface area contributed by atoms with Gasteiger partial charge in [-0.1, -0.05) is 0 Å². The van der Waals surface area contributed by atoms with Gasteiger partial charge in [0, 0.05) is 31.6 Å². The number of thioether (sulfide) groups is 1. The highest BCUT2D eigenvalue weighted by atomic mass is 32.2. The van der Waals surface area contributed by atoms with Gasteiger partial charge in [0.05, 0.1) is 4.90 Å². The molecule has 0 aromatic heterocycles. The number of rotatable bonds is 7. The van der Waals surface area contributed by atoms with E-state index in [1.54, 1.807) is 7.11 Å². The Labute approximate surface area is 124 Å². The molecular formula is C15H23F2NOS. The number of nitrogens with one attached hydrogen (secondary N) is 1. The molecule has 0 amide bonds. The van der Waals surface area contributed by atoms with Gasteiger partial charge < -0.3 is 10.1 Å². The first kappa shape index (κ1) is 17.4. The quantitative estimate of drug-likeness (QED) is 0.608. The molecule has 0 heterocycles. The van der Waals surface area contributed by atoms with Crippen LogP contribution < -0.4 is 5.32 Å². The highest BCUT2D eigenvalue weighted by Gasteiger charge is 2.14. The van der Waals surface area contributed by atoms with Crippen LogP contribution in [0.3, 0.4) is 0 Å². The van der Waals surface area contributed by atoms with Gasteiger partial charge in [-0.15, -0.1) is 11.8 Å². The summed E-state index contributed by atoms with van der Waals surface area (Å²) in [5.41, 5.74) is 0.539. The van der Waals surface area contributed by atoms with Gasteiger partial charge >= 0.3 is 0 Å². The largest absolute Gasteiger partial charge is 0.385 e. The van der Waals surface area contributed by atoms with Gasteiger partial charge in [-0.2, -0.15) is 0 Å². The van der Waals surface area contributed by atoms with E-state index in [4.69, 9.17) is 4.74 Å². The second-order valence-corrected chi connectivity index (χ2v) is 6.79. The molecule has 0 saturated carbocycles. The van der Waals surface area contributed by atoms with Crippen LogP contribution in [-0.2, 0) is 11.3 Å². The monoisotopic (exact) mass is 303 g/mol. The van der Waals surface area contributed by atoms with Crippen molar-refractivity contribution in [3.63, 3.8) is 0 Å². The lowest BCUT2D eigenvalue weighted by Gasteiger charge is -2.20. The van der Waals surface area contributed by atoms with E-state index in [1.807, 2.05) is 20.8 Å². The van der Waals surface area contributed by atoms with Crippen LogP contribution in [0, 0.1) is 11.6 Å². The molecule has 0 aliphatic rings. The summed E-state index contributed by atoms with van der Waals surface area (Å²) in [4.78, 5) is 0.0978. The van der Waals surface area contributed by atoms with Crippen molar-refractivity contribution in [2.45, 2.75) is 44.2 Å². The number of halogens is 2. The fourth-order valence-electron chi connectivity index (χ4n) is 1.60. The van der Waals surface area contributed by atoms with Crippen molar-refractivity contribution in [2.75, 3.05) is 19.5 Å². The highest BCUT2D eigenvalue weighted by molar-refractivity contribution is 7.99. The van der Waals surface area contributed by atoms with E-state index in [-0.39, 0.29) is 10.4 Å². The van der Waals surface area contributed by atoms with Crippen LogP contribution >= 0.6 is 11.8 Å². The Balaban J connectivity index is 2.66. The molecule has 114 valence electrons. The number of hydrogen-bond acceptors (Lipinski definition) is 3. The number of benzene rings is 1. The average molecular weight is 303 g/mol. The van der Waals surface area contributed by atoms with E-state index in [1.165, 1.54) is 23.9 Å². The summed E-state index contributed by atoms with van der Waals surface area (Å²) in [6.07, 6.45) is 0.771. The Bertz CT molecular complexity index is 409. The molecule has 1 rings (SSSR count). The average Bonchev–Trinajstić information content (AvgIpc) is 2.34. The van der Waals surface area contributed by atoms with Gasteiger partial charge in [0.25, 0.3) is 0 Å². The van der Waals surface area contributed by atoms with Crippen molar-refractivity contribution in [1.29, 1.82) is 0 Å². The lowest BCUT2D eigenvalue weighted by Crippen LogP contribution is -2.35. The molecular weight excluding hydrogens is 280 g/mol. The second kappa shape index (κ2) is 7.96. The summed E-state index contributed by atoms with van der Waals surface area (Å²) in [5, 5.41) is 3.22. The predicted molar refractivity (Wildman–Crippen MR) is 80.2 cm³/mol. The molecule has 0 radical (unpaired) electrons. The molecule has 0 aliphatic carbocycles. The smallest absolute Gasteiger partial charge is 0.140 e. The van der Waals surface area contributed by atoms with Crippen LogP contribution in [0.4, 0.5) is 8.78 Å². The van der Waals surface area contributed by atoms with Crippen LogP contribution in [0.1, 0.15) is 32.8 Å². The molecule has 1 aromatic rings. The standard InChI is InChI=1S/C15H23F2NOS/c1-15(2,3)18-10-11-8-12(16)14(13(17)9-11)20-7-5-6-19-4/h8-9,18H,5-7,10H2,1-4H3. The van der Waals surface area contributed by atoms with Gasteiger partial charge in [0.15, 0.2) is 0 Å². The van der Waals surface area contributed by atoms with E-state index < -0.39 is 11.6 Å². The third-order valence-electron chi connectivity index (χ3n) is 2.62. The lowest BCUT2D eigenvalue weighted by atomic mass is 10.1. The van der Waals surface area contributed by atoms with Crippen molar-refractivity contribution in [2.24, 2.45) is 0 Å². The zero-order chi connectivity index (χ0) is 15.2. The Morgan fingerprint density at radius 3 is 2.30 bits per heavy atom. The van der Waals surface area contributed by atoms with E-state index in [0.717, 1.165) is 6.42 Å². The summed E-state index contributed by atoms with van der Waals surface area (Å²) >= 11 is 1.20. The molecule has 0 atom stereocenters. The fourth-order valence-corrected chi connectivity index (χ4v) is 2.46. The summed E-state index contributed by atoms with van der Waals surface area (Å²) < 4.78 is 32.8. The van der Waals surface area contributed by atoms with Crippen LogP contribution in [0.25, 0.3) is 0 Å². The Morgan fingerprint density at radius 1 is 1.20 bits per heavy atom. The van der Waals surface area contributed by atoms with Gasteiger partial charge in [-0.25, -0.2) is 8.78 Å². The molecule has 0 saturated heterocycles. The van der Waals surface area contributed by atoms with Crippen LogP contribution in [0.2, 0.25) is 0 Å². The molecule has 0 spiro atoms. The normalized spacial score (nSPS) is 11.9. The topological polar surface area (TPSA) is 21.3 Å². The zero-order valence-corrected chi connectivity index (χ0v) is 13.4. The first-order valence-electron chi connectivity index (χ1n) is 6.68. The van der Waals surface area contributed by atoms with Crippen molar-refractivity contribution in [1.82, 2.24) is 5.32 Å².